The predicted octanol–water partition coefficient (Wildman–Crippen LogP) is 9.87. The number of para-hydroxylation sites is 5. The standard InChI is InChI=1S/C39H27NO/c1-24-21-25(2)23-26(22-24)27-12-9-17-33-38(27)41-36-20-8-5-15-31(36)39(33)30-14-4-7-19-35(30)40-34-18-6-3-11-28(34)29-13-10-16-32(39)37(29)40/h3-23H,1-2H3. The summed E-state index contributed by atoms with van der Waals surface area (Å²) in [7, 11) is 0. The fraction of sp³-hybridized carbons (Fsp3) is 0.0769. The zero-order valence-electron chi connectivity index (χ0n) is 23.0. The highest BCUT2D eigenvalue weighted by molar-refractivity contribution is 6.12. The molecule has 0 N–H and O–H groups in total. The summed E-state index contributed by atoms with van der Waals surface area (Å²) in [6.45, 7) is 4.33. The molecule has 0 aliphatic carbocycles. The van der Waals surface area contributed by atoms with Gasteiger partial charge in [-0.3, -0.25) is 0 Å². The van der Waals surface area contributed by atoms with Crippen molar-refractivity contribution < 1.29 is 4.74 Å². The number of nitrogens with zero attached hydrogens (tertiary/aromatic N) is 1. The summed E-state index contributed by atoms with van der Waals surface area (Å²) in [6, 6.07) is 46.7. The van der Waals surface area contributed by atoms with Crippen molar-refractivity contribution in [2.45, 2.75) is 19.3 Å². The topological polar surface area (TPSA) is 14.2 Å². The van der Waals surface area contributed by atoms with Crippen LogP contribution in [0.1, 0.15) is 33.4 Å². The van der Waals surface area contributed by atoms with Crippen molar-refractivity contribution >= 4 is 21.8 Å². The van der Waals surface area contributed by atoms with Crippen molar-refractivity contribution in [1.29, 1.82) is 0 Å². The molecule has 1 atom stereocenters. The Morgan fingerprint density at radius 3 is 2.10 bits per heavy atom. The summed E-state index contributed by atoms with van der Waals surface area (Å²) >= 11 is 0. The molecule has 0 amide bonds. The smallest absolute Gasteiger partial charge is 0.140 e. The molecule has 1 spiro atoms. The van der Waals surface area contributed by atoms with Gasteiger partial charge in [-0.2, -0.15) is 0 Å². The van der Waals surface area contributed by atoms with Crippen LogP contribution in [0, 0.1) is 13.8 Å². The van der Waals surface area contributed by atoms with Crippen LogP contribution in [-0.2, 0) is 5.41 Å². The number of benzene rings is 6. The third-order valence-corrected chi connectivity index (χ3v) is 9.10. The zero-order valence-corrected chi connectivity index (χ0v) is 23.0. The number of fused-ring (bicyclic) bond motifs is 11. The Hall–Kier alpha value is -5.08. The number of aryl methyl sites for hydroxylation is 2. The summed E-state index contributed by atoms with van der Waals surface area (Å²) in [5.74, 6) is 1.85. The van der Waals surface area contributed by atoms with Gasteiger partial charge in [-0.05, 0) is 48.7 Å². The minimum Gasteiger partial charge on any atom is -0.456 e. The number of rotatable bonds is 1. The molecule has 194 valence electrons. The minimum atomic E-state index is -0.542. The van der Waals surface area contributed by atoms with Gasteiger partial charge in [0.05, 0.1) is 22.1 Å². The average molecular weight is 526 g/mol. The zero-order chi connectivity index (χ0) is 27.3. The Morgan fingerprint density at radius 2 is 1.22 bits per heavy atom. The first kappa shape index (κ1) is 22.7. The van der Waals surface area contributed by atoms with Crippen LogP contribution in [0.5, 0.6) is 11.5 Å². The molecule has 0 saturated heterocycles. The molecule has 1 unspecified atom stereocenters. The fourth-order valence-electron chi connectivity index (χ4n) is 7.70. The van der Waals surface area contributed by atoms with Crippen molar-refractivity contribution in [3.63, 3.8) is 0 Å². The summed E-state index contributed by atoms with van der Waals surface area (Å²) in [5.41, 5.74) is 12.9. The second-order valence-electron chi connectivity index (χ2n) is 11.5. The van der Waals surface area contributed by atoms with E-state index in [1.54, 1.807) is 0 Å². The Balaban J connectivity index is 1.51. The number of hydrogen-bond donors (Lipinski definition) is 0. The molecule has 2 nitrogen and oxygen atoms in total. The highest BCUT2D eigenvalue weighted by atomic mass is 16.5. The highest BCUT2D eigenvalue weighted by Gasteiger charge is 2.50. The van der Waals surface area contributed by atoms with Crippen molar-refractivity contribution in [3.8, 4) is 28.3 Å². The van der Waals surface area contributed by atoms with Crippen molar-refractivity contribution in [3.05, 3.63) is 161 Å². The fourth-order valence-corrected chi connectivity index (χ4v) is 7.70. The Kier molecular flexibility index (Phi) is 4.42. The second kappa shape index (κ2) is 7.99. The van der Waals surface area contributed by atoms with Gasteiger partial charge in [0.1, 0.15) is 11.5 Å². The van der Waals surface area contributed by atoms with Gasteiger partial charge < -0.3 is 9.30 Å². The molecule has 0 saturated carbocycles. The van der Waals surface area contributed by atoms with Crippen LogP contribution in [0.3, 0.4) is 0 Å². The van der Waals surface area contributed by atoms with Crippen LogP contribution < -0.4 is 4.74 Å². The SMILES string of the molecule is Cc1cc(C)cc(-c2cccc3c2Oc2ccccc2C32c3ccccc3-n3c4ccccc4c4cccc2c43)c1. The lowest BCUT2D eigenvalue weighted by molar-refractivity contribution is 0.435. The Bertz CT molecular complexity index is 2200. The van der Waals surface area contributed by atoms with E-state index in [-0.39, 0.29) is 0 Å². The van der Waals surface area contributed by atoms with E-state index in [4.69, 9.17) is 4.74 Å². The lowest BCUT2D eigenvalue weighted by Gasteiger charge is -2.45. The van der Waals surface area contributed by atoms with Crippen molar-refractivity contribution in [2.75, 3.05) is 0 Å². The Labute approximate surface area is 239 Å². The normalized spacial score (nSPS) is 16.3. The van der Waals surface area contributed by atoms with E-state index < -0.39 is 5.41 Å². The van der Waals surface area contributed by atoms with E-state index in [1.807, 2.05) is 0 Å². The summed E-state index contributed by atoms with van der Waals surface area (Å²) in [5, 5.41) is 2.56. The van der Waals surface area contributed by atoms with Gasteiger partial charge in [-0.15, -0.1) is 0 Å². The molecule has 6 aromatic carbocycles. The van der Waals surface area contributed by atoms with Crippen LogP contribution in [0.25, 0.3) is 38.6 Å². The molecule has 9 rings (SSSR count). The van der Waals surface area contributed by atoms with Crippen LogP contribution >= 0.6 is 0 Å². The molecular formula is C39H27NO. The van der Waals surface area contributed by atoms with Crippen LogP contribution in [0.15, 0.2) is 127 Å². The maximum atomic E-state index is 6.92. The molecule has 2 aliphatic heterocycles. The molecular weight excluding hydrogens is 498 g/mol. The third-order valence-electron chi connectivity index (χ3n) is 9.10. The van der Waals surface area contributed by atoms with E-state index in [1.165, 1.54) is 66.4 Å². The van der Waals surface area contributed by atoms with E-state index in [0.717, 1.165) is 17.1 Å². The summed E-state index contributed by atoms with van der Waals surface area (Å²) in [6.07, 6.45) is 0. The van der Waals surface area contributed by atoms with E-state index in [0.29, 0.717) is 0 Å². The first-order valence-electron chi connectivity index (χ1n) is 14.3. The monoisotopic (exact) mass is 525 g/mol. The lowest BCUT2D eigenvalue weighted by Crippen LogP contribution is -2.37. The largest absolute Gasteiger partial charge is 0.456 e. The molecule has 7 aromatic rings. The van der Waals surface area contributed by atoms with Crippen molar-refractivity contribution in [1.82, 2.24) is 4.57 Å². The van der Waals surface area contributed by atoms with Gasteiger partial charge in [0.2, 0.25) is 0 Å². The second-order valence-corrected chi connectivity index (χ2v) is 11.5. The van der Waals surface area contributed by atoms with Crippen LogP contribution in [-0.4, -0.2) is 4.57 Å². The van der Waals surface area contributed by atoms with E-state index in [9.17, 15) is 0 Å². The maximum Gasteiger partial charge on any atom is 0.140 e. The maximum absolute atomic E-state index is 6.92. The van der Waals surface area contributed by atoms with Crippen LogP contribution in [0.4, 0.5) is 0 Å². The van der Waals surface area contributed by atoms with E-state index >= 15 is 0 Å². The molecule has 0 radical (unpaired) electrons. The number of hydrogen-bond acceptors (Lipinski definition) is 1. The summed E-state index contributed by atoms with van der Waals surface area (Å²) in [4.78, 5) is 0. The molecule has 41 heavy (non-hydrogen) atoms. The summed E-state index contributed by atoms with van der Waals surface area (Å²) < 4.78 is 9.40. The Morgan fingerprint density at radius 1 is 0.561 bits per heavy atom. The average Bonchev–Trinajstić information content (AvgIpc) is 3.34. The van der Waals surface area contributed by atoms with Gasteiger partial charge in [0.15, 0.2) is 0 Å². The molecule has 0 bridgehead atoms. The minimum absolute atomic E-state index is 0.542. The highest BCUT2D eigenvalue weighted by Crippen LogP contribution is 2.61. The molecule has 1 aromatic heterocycles. The lowest BCUT2D eigenvalue weighted by atomic mass is 9.61. The number of ether oxygens (including phenoxy) is 1. The van der Waals surface area contributed by atoms with Crippen molar-refractivity contribution in [2.24, 2.45) is 0 Å². The third kappa shape index (κ3) is 2.82. The molecule has 2 aliphatic rings. The predicted molar refractivity (Wildman–Crippen MR) is 168 cm³/mol. The quantitative estimate of drug-likeness (QED) is 0.208. The molecule has 0 fully saturated rings. The van der Waals surface area contributed by atoms with Gasteiger partial charge in [0, 0.05) is 27.5 Å². The van der Waals surface area contributed by atoms with Gasteiger partial charge in [0.25, 0.3) is 0 Å². The van der Waals surface area contributed by atoms with Gasteiger partial charge >= 0.3 is 0 Å². The van der Waals surface area contributed by atoms with Gasteiger partial charge in [-0.25, -0.2) is 0 Å². The van der Waals surface area contributed by atoms with Gasteiger partial charge in [-0.1, -0.05) is 120 Å². The van der Waals surface area contributed by atoms with E-state index in [2.05, 4.69) is 146 Å². The molecule has 2 heteroatoms. The first-order valence-corrected chi connectivity index (χ1v) is 14.3. The number of aromatic nitrogens is 1. The van der Waals surface area contributed by atoms with Crippen LogP contribution in [0.2, 0.25) is 0 Å². The first-order chi connectivity index (χ1) is 20.2. The molecule has 3 heterocycles.